The van der Waals surface area contributed by atoms with Crippen molar-refractivity contribution in [3.8, 4) is 5.75 Å². The van der Waals surface area contributed by atoms with Crippen molar-refractivity contribution >= 4 is 5.96 Å². The van der Waals surface area contributed by atoms with Crippen LogP contribution in [0.25, 0.3) is 0 Å². The highest BCUT2D eigenvalue weighted by atomic mass is 16.5. The molecule has 1 saturated heterocycles. The number of aliphatic imine (C=N–C) groups is 1. The molecule has 0 spiro atoms. The molecule has 1 aliphatic heterocycles. The van der Waals surface area contributed by atoms with Crippen molar-refractivity contribution in [1.29, 1.82) is 0 Å². The summed E-state index contributed by atoms with van der Waals surface area (Å²) in [5.74, 6) is 2.42. The molecule has 0 bridgehead atoms. The third kappa shape index (κ3) is 5.47. The van der Waals surface area contributed by atoms with E-state index in [1.807, 2.05) is 43.4 Å². The summed E-state index contributed by atoms with van der Waals surface area (Å²) in [6.45, 7) is 4.06. The van der Waals surface area contributed by atoms with Crippen LogP contribution in [0.1, 0.15) is 17.5 Å². The number of likely N-dealkylation sites (tertiary alicyclic amines) is 1. The Bertz CT molecular complexity index is 733. The largest absolute Gasteiger partial charge is 0.489 e. The van der Waals surface area contributed by atoms with E-state index in [2.05, 4.69) is 33.4 Å². The molecular formula is C22H29N3O2. The van der Waals surface area contributed by atoms with Crippen LogP contribution in [0.4, 0.5) is 0 Å². The molecule has 2 aromatic rings. The van der Waals surface area contributed by atoms with Gasteiger partial charge < -0.3 is 19.7 Å². The van der Waals surface area contributed by atoms with Crippen LogP contribution in [0.5, 0.6) is 5.75 Å². The average molecular weight is 367 g/mol. The van der Waals surface area contributed by atoms with Crippen molar-refractivity contribution in [2.45, 2.75) is 19.6 Å². The number of ether oxygens (including phenoxy) is 2. The van der Waals surface area contributed by atoms with E-state index in [4.69, 9.17) is 9.47 Å². The fraction of sp³-hybridized carbons (Fsp3) is 0.409. The summed E-state index contributed by atoms with van der Waals surface area (Å²) in [5.41, 5.74) is 2.29. The van der Waals surface area contributed by atoms with Crippen LogP contribution in [-0.2, 0) is 17.9 Å². The molecular weight excluding hydrogens is 338 g/mol. The van der Waals surface area contributed by atoms with Gasteiger partial charge in [-0.15, -0.1) is 0 Å². The van der Waals surface area contributed by atoms with Crippen LogP contribution in [-0.4, -0.2) is 44.7 Å². The Morgan fingerprint density at radius 1 is 1.15 bits per heavy atom. The number of methoxy groups -OCH3 is 1. The maximum Gasteiger partial charge on any atom is 0.193 e. The minimum atomic E-state index is 0.567. The van der Waals surface area contributed by atoms with Crippen LogP contribution in [0, 0.1) is 5.92 Å². The zero-order chi connectivity index (χ0) is 18.9. The maximum absolute atomic E-state index is 6.05. The second-order valence-corrected chi connectivity index (χ2v) is 6.84. The Kier molecular flexibility index (Phi) is 7.11. The third-order valence-corrected chi connectivity index (χ3v) is 4.85. The number of hydrogen-bond donors (Lipinski definition) is 1. The molecule has 1 atom stereocenters. The number of hydrogen-bond acceptors (Lipinski definition) is 3. The summed E-state index contributed by atoms with van der Waals surface area (Å²) in [5, 5.41) is 3.48. The van der Waals surface area contributed by atoms with Crippen molar-refractivity contribution < 1.29 is 9.47 Å². The van der Waals surface area contributed by atoms with E-state index in [0.29, 0.717) is 19.1 Å². The molecule has 1 heterocycles. The van der Waals surface area contributed by atoms with Gasteiger partial charge in [-0.1, -0.05) is 48.5 Å². The fourth-order valence-corrected chi connectivity index (χ4v) is 3.43. The van der Waals surface area contributed by atoms with Gasteiger partial charge in [0.1, 0.15) is 12.4 Å². The highest BCUT2D eigenvalue weighted by Gasteiger charge is 2.24. The predicted octanol–water partition coefficient (Wildman–Crippen LogP) is 3.31. The highest BCUT2D eigenvalue weighted by Crippen LogP contribution is 2.20. The van der Waals surface area contributed by atoms with Gasteiger partial charge in [0.05, 0.1) is 6.61 Å². The second kappa shape index (κ2) is 9.97. The van der Waals surface area contributed by atoms with E-state index in [1.165, 1.54) is 0 Å². The number of para-hydroxylation sites is 1. The van der Waals surface area contributed by atoms with Gasteiger partial charge in [-0.05, 0) is 18.1 Å². The Morgan fingerprint density at radius 2 is 1.93 bits per heavy atom. The van der Waals surface area contributed by atoms with Gasteiger partial charge in [-0.3, -0.25) is 4.99 Å². The van der Waals surface area contributed by atoms with E-state index >= 15 is 0 Å². The van der Waals surface area contributed by atoms with Crippen molar-refractivity contribution in [2.75, 3.05) is 33.9 Å². The topological polar surface area (TPSA) is 46.1 Å². The van der Waals surface area contributed by atoms with Gasteiger partial charge in [0.2, 0.25) is 0 Å². The lowest BCUT2D eigenvalue weighted by molar-refractivity contribution is 0.157. The Morgan fingerprint density at radius 3 is 2.70 bits per heavy atom. The summed E-state index contributed by atoms with van der Waals surface area (Å²) in [6, 6.07) is 18.4. The molecule has 2 aromatic carbocycles. The monoisotopic (exact) mass is 367 g/mol. The number of rotatable bonds is 7. The molecule has 0 saturated carbocycles. The van der Waals surface area contributed by atoms with Crippen molar-refractivity contribution in [1.82, 2.24) is 10.2 Å². The smallest absolute Gasteiger partial charge is 0.193 e. The normalized spacial score (nSPS) is 17.2. The lowest BCUT2D eigenvalue weighted by Gasteiger charge is -2.22. The molecule has 27 heavy (non-hydrogen) atoms. The quantitative estimate of drug-likeness (QED) is 0.602. The molecule has 1 unspecified atom stereocenters. The third-order valence-electron chi connectivity index (χ3n) is 4.85. The van der Waals surface area contributed by atoms with Crippen molar-refractivity contribution in [3.05, 3.63) is 65.7 Å². The maximum atomic E-state index is 6.05. The molecule has 1 fully saturated rings. The molecule has 1 N–H and O–H groups in total. The van der Waals surface area contributed by atoms with Crippen LogP contribution in [0.3, 0.4) is 0 Å². The van der Waals surface area contributed by atoms with E-state index in [-0.39, 0.29) is 0 Å². The lowest BCUT2D eigenvalue weighted by Crippen LogP contribution is -2.39. The van der Waals surface area contributed by atoms with Gasteiger partial charge in [0, 0.05) is 45.3 Å². The molecule has 0 aromatic heterocycles. The fourth-order valence-electron chi connectivity index (χ4n) is 3.43. The van der Waals surface area contributed by atoms with E-state index in [9.17, 15) is 0 Å². The minimum absolute atomic E-state index is 0.567. The number of nitrogens with zero attached hydrogens (tertiary/aromatic N) is 2. The molecule has 0 radical (unpaired) electrons. The number of benzene rings is 2. The molecule has 5 heteroatoms. The summed E-state index contributed by atoms with van der Waals surface area (Å²) in [6.07, 6.45) is 1.14. The van der Waals surface area contributed by atoms with Crippen LogP contribution in [0.15, 0.2) is 59.6 Å². The van der Waals surface area contributed by atoms with Gasteiger partial charge in [0.25, 0.3) is 0 Å². The first kappa shape index (κ1) is 19.2. The van der Waals surface area contributed by atoms with Gasteiger partial charge >= 0.3 is 0 Å². The summed E-state index contributed by atoms with van der Waals surface area (Å²) in [7, 11) is 3.60. The minimum Gasteiger partial charge on any atom is -0.489 e. The lowest BCUT2D eigenvalue weighted by atomic mass is 10.1. The van der Waals surface area contributed by atoms with Gasteiger partial charge in [0.15, 0.2) is 5.96 Å². The van der Waals surface area contributed by atoms with Gasteiger partial charge in [-0.2, -0.15) is 0 Å². The number of guanidine groups is 1. The molecule has 5 nitrogen and oxygen atoms in total. The van der Waals surface area contributed by atoms with Crippen LogP contribution in [0.2, 0.25) is 0 Å². The van der Waals surface area contributed by atoms with Gasteiger partial charge in [-0.25, -0.2) is 0 Å². The first-order valence-corrected chi connectivity index (χ1v) is 9.49. The standard InChI is InChI=1S/C22H29N3O2/c1-23-22(25-13-12-19(15-25)16-26-2)24-14-20-10-6-7-11-21(20)27-17-18-8-4-3-5-9-18/h3-11,19H,12-17H2,1-2H3,(H,23,24). The molecule has 144 valence electrons. The zero-order valence-corrected chi connectivity index (χ0v) is 16.2. The SMILES string of the molecule is CN=C(NCc1ccccc1OCc1ccccc1)N1CCC(COC)C1. The predicted molar refractivity (Wildman–Crippen MR) is 109 cm³/mol. The summed E-state index contributed by atoms with van der Waals surface area (Å²) >= 11 is 0. The van der Waals surface area contributed by atoms with Crippen LogP contribution >= 0.6 is 0 Å². The second-order valence-electron chi connectivity index (χ2n) is 6.84. The summed E-state index contributed by atoms with van der Waals surface area (Å²) in [4.78, 5) is 6.76. The van der Waals surface area contributed by atoms with Crippen molar-refractivity contribution in [2.24, 2.45) is 10.9 Å². The molecule has 0 aliphatic carbocycles. The molecule has 3 rings (SSSR count). The summed E-state index contributed by atoms with van der Waals surface area (Å²) < 4.78 is 11.3. The Balaban J connectivity index is 1.57. The highest BCUT2D eigenvalue weighted by molar-refractivity contribution is 5.80. The number of nitrogens with one attached hydrogen (secondary N) is 1. The van der Waals surface area contributed by atoms with E-state index in [0.717, 1.165) is 49.0 Å². The first-order chi connectivity index (χ1) is 13.3. The van der Waals surface area contributed by atoms with E-state index in [1.54, 1.807) is 7.11 Å². The molecule has 0 amide bonds. The zero-order valence-electron chi connectivity index (χ0n) is 16.2. The first-order valence-electron chi connectivity index (χ1n) is 9.49. The molecule has 1 aliphatic rings. The van der Waals surface area contributed by atoms with Crippen molar-refractivity contribution in [3.63, 3.8) is 0 Å². The van der Waals surface area contributed by atoms with Crippen LogP contribution < -0.4 is 10.1 Å². The van der Waals surface area contributed by atoms with E-state index < -0.39 is 0 Å². The Hall–Kier alpha value is -2.53. The average Bonchev–Trinajstić information content (AvgIpc) is 3.17. The Labute approximate surface area is 162 Å².